The summed E-state index contributed by atoms with van der Waals surface area (Å²) in [6.07, 6.45) is 12.7. The Morgan fingerprint density at radius 1 is 1.05 bits per heavy atom. The summed E-state index contributed by atoms with van der Waals surface area (Å²) in [6.45, 7) is 7.96. The van der Waals surface area contributed by atoms with E-state index >= 15 is 4.79 Å². The number of aromatic nitrogens is 2. The monoisotopic (exact) mass is 811 g/mol. The number of carbonyl (C=O) groups excluding carboxylic acids is 4. The van der Waals surface area contributed by atoms with E-state index < -0.39 is 62.1 Å². The average Bonchev–Trinajstić information content (AvgIpc) is 3.88. The number of nitrogens with one attached hydrogen (secondary N) is 1. The molecule has 2 saturated heterocycles. The molecule has 0 radical (unpaired) electrons. The van der Waals surface area contributed by atoms with Crippen LogP contribution in [0.5, 0.6) is 5.88 Å². The Balaban J connectivity index is 1.09. The first-order valence-electron chi connectivity index (χ1n) is 21.0. The van der Waals surface area contributed by atoms with Gasteiger partial charge in [-0.25, -0.2) is 13.4 Å². The number of nitrogens with zero attached hydrogens (tertiary/aromatic N) is 4. The van der Waals surface area contributed by atoms with E-state index in [0.29, 0.717) is 51.4 Å². The first-order chi connectivity index (χ1) is 28.0. The number of para-hydroxylation sites is 1. The van der Waals surface area contributed by atoms with Gasteiger partial charge >= 0.3 is 0 Å². The van der Waals surface area contributed by atoms with Gasteiger partial charge in [0.15, 0.2) is 15.6 Å². The summed E-state index contributed by atoms with van der Waals surface area (Å²) in [4.78, 5) is 65.9. The lowest BCUT2D eigenvalue weighted by Crippen LogP contribution is -2.55. The smallest absolute Gasteiger partial charge is 0.243 e. The Bertz CT molecular complexity index is 2310. The van der Waals surface area contributed by atoms with Crippen molar-refractivity contribution < 1.29 is 37.1 Å². The molecule has 1 aromatic carbocycles. The van der Waals surface area contributed by atoms with Crippen molar-refractivity contribution in [3.8, 4) is 5.88 Å². The van der Waals surface area contributed by atoms with Gasteiger partial charge in [0.05, 0.1) is 30.0 Å². The van der Waals surface area contributed by atoms with Crippen molar-refractivity contribution >= 4 is 55.1 Å². The second kappa shape index (κ2) is 15.2. The lowest BCUT2D eigenvalue weighted by Gasteiger charge is -2.32. The summed E-state index contributed by atoms with van der Waals surface area (Å²) < 4.78 is 41.0. The Morgan fingerprint density at radius 2 is 1.84 bits per heavy atom. The zero-order chi connectivity index (χ0) is 40.3. The molecule has 5 heterocycles. The maximum atomic E-state index is 15.1. The maximum absolute atomic E-state index is 15.1. The average molecular weight is 812 g/mol. The number of ether oxygens (including phenoxy) is 2. The van der Waals surface area contributed by atoms with Crippen LogP contribution < -0.4 is 10.1 Å². The van der Waals surface area contributed by atoms with E-state index in [-0.39, 0.29) is 49.6 Å². The van der Waals surface area contributed by atoms with Crippen molar-refractivity contribution in [1.82, 2.24) is 24.7 Å². The van der Waals surface area contributed by atoms with Crippen LogP contribution in [0.1, 0.15) is 69.8 Å². The van der Waals surface area contributed by atoms with Crippen LogP contribution in [-0.4, -0.2) is 112 Å². The van der Waals surface area contributed by atoms with Gasteiger partial charge < -0.3 is 29.2 Å². The number of fused-ring (bicyclic) bond motifs is 6. The van der Waals surface area contributed by atoms with Gasteiger partial charge in [0.2, 0.25) is 23.6 Å². The number of hydrogen-bond acceptors (Lipinski definition) is 9. The molecule has 2 aromatic heterocycles. The fourth-order valence-electron chi connectivity index (χ4n) is 10.1. The Kier molecular flexibility index (Phi) is 10.2. The Labute approximate surface area is 339 Å². The second-order valence-electron chi connectivity index (χ2n) is 17.5. The number of aryl methyl sites for hydroxylation is 1. The first-order valence-corrected chi connectivity index (χ1v) is 22.8. The number of Topliss-reactive ketones (excluding diaryl/α,β-unsaturated/α-hetero) is 1. The SMILES string of the molecule is C=C[C@H]1C[C@]1(NC(=O)[C@@H]1C[C@@H]2CN1C(=O)[C@H](C1CCCC1)CC(=O)N1CC[C@@H](C1)OC/C=C/Cn1cc(C)c3c4ccccc4nc(c31)O2)C(=O)CS(=O)(=O)C1CC1. The van der Waals surface area contributed by atoms with Crippen molar-refractivity contribution in [2.24, 2.45) is 17.8 Å². The van der Waals surface area contributed by atoms with Crippen molar-refractivity contribution in [3.63, 3.8) is 0 Å². The van der Waals surface area contributed by atoms with E-state index in [4.69, 9.17) is 14.5 Å². The molecule has 4 bridgehead atoms. The Morgan fingerprint density at radius 3 is 2.60 bits per heavy atom. The number of hydrogen-bond donors (Lipinski definition) is 1. The zero-order valence-corrected chi connectivity index (χ0v) is 34.0. The highest BCUT2D eigenvalue weighted by atomic mass is 32.2. The van der Waals surface area contributed by atoms with E-state index in [9.17, 15) is 22.8 Å². The van der Waals surface area contributed by atoms with Gasteiger partial charge in [-0.3, -0.25) is 19.2 Å². The van der Waals surface area contributed by atoms with Crippen LogP contribution in [0.15, 0.2) is 55.3 Å². The largest absolute Gasteiger partial charge is 0.471 e. The molecule has 1 N–H and O–H groups in total. The third-order valence-corrected chi connectivity index (χ3v) is 15.7. The molecule has 3 amide bonds. The molecule has 308 valence electrons. The fourth-order valence-corrected chi connectivity index (χ4v) is 11.8. The molecule has 5 fully saturated rings. The molecule has 3 aliphatic carbocycles. The predicted octanol–water partition coefficient (Wildman–Crippen LogP) is 4.44. The number of pyridine rings is 1. The molecule has 13 nitrogen and oxygen atoms in total. The normalized spacial score (nSPS) is 30.2. The summed E-state index contributed by atoms with van der Waals surface area (Å²) in [5.74, 6) is -2.80. The van der Waals surface area contributed by atoms with Crippen molar-refractivity contribution in [2.45, 2.75) is 107 Å². The fraction of sp³-hybridized carbons (Fsp3) is 0.568. The molecule has 3 saturated carbocycles. The standard InChI is InChI=1S/C44H53N5O8S/c1-3-29-22-44(29,37(50)26-58(54,55)32-14-15-32)46-41(52)36-20-31-25-49(36)43(53)34(28-10-4-5-11-28)21-38(51)47-18-16-30(24-47)56-19-9-8-17-48-23-27(2)39-33-12-6-7-13-35(33)45-42(57-31)40(39)48/h3,6-9,12-13,23,28-32,34,36H,1,4-5,10-11,14-22,24-26H2,2H3,(H,46,52)/b9-8+/t29-,30-,31+,34-,36-,44+/m0/s1. The van der Waals surface area contributed by atoms with Gasteiger partial charge in [-0.15, -0.1) is 6.58 Å². The summed E-state index contributed by atoms with van der Waals surface area (Å²) in [5, 5.41) is 4.45. The molecule has 3 aromatic rings. The maximum Gasteiger partial charge on any atom is 0.243 e. The molecule has 0 spiro atoms. The van der Waals surface area contributed by atoms with Gasteiger partial charge in [0, 0.05) is 61.3 Å². The lowest BCUT2D eigenvalue weighted by atomic mass is 9.86. The number of rotatable bonds is 8. The van der Waals surface area contributed by atoms with E-state index in [1.54, 1.807) is 15.9 Å². The molecular weight excluding hydrogens is 759 g/mol. The minimum atomic E-state index is -3.64. The van der Waals surface area contributed by atoms with Crippen LogP contribution in [0.2, 0.25) is 0 Å². The van der Waals surface area contributed by atoms with E-state index in [0.717, 1.165) is 53.1 Å². The summed E-state index contributed by atoms with van der Waals surface area (Å²) >= 11 is 0. The first kappa shape index (κ1) is 38.9. The molecular formula is C44H53N5O8S. The summed E-state index contributed by atoms with van der Waals surface area (Å²) in [7, 11) is -3.64. The van der Waals surface area contributed by atoms with E-state index in [1.807, 2.05) is 36.4 Å². The third-order valence-electron chi connectivity index (χ3n) is 13.6. The van der Waals surface area contributed by atoms with Crippen molar-refractivity contribution in [3.05, 3.63) is 60.8 Å². The molecule has 14 heteroatoms. The van der Waals surface area contributed by atoms with Crippen LogP contribution in [0, 0.1) is 24.7 Å². The quantitative estimate of drug-likeness (QED) is 0.325. The highest BCUT2D eigenvalue weighted by molar-refractivity contribution is 7.93. The van der Waals surface area contributed by atoms with Crippen LogP contribution in [0.3, 0.4) is 0 Å². The minimum absolute atomic E-state index is 0.0174. The van der Waals surface area contributed by atoms with Gasteiger partial charge in [0.25, 0.3) is 0 Å². The Hall–Kier alpha value is -4.56. The van der Waals surface area contributed by atoms with E-state index in [1.165, 1.54) is 0 Å². The topological polar surface area (TPSA) is 157 Å². The highest BCUT2D eigenvalue weighted by Crippen LogP contribution is 2.47. The number of allylic oxidation sites excluding steroid dienone is 1. The molecule has 3 aliphatic heterocycles. The van der Waals surface area contributed by atoms with Crippen LogP contribution in [-0.2, 0) is 40.3 Å². The summed E-state index contributed by atoms with van der Waals surface area (Å²) in [6, 6.07) is 6.87. The third kappa shape index (κ3) is 7.24. The van der Waals surface area contributed by atoms with Gasteiger partial charge in [-0.05, 0) is 63.0 Å². The second-order valence-corrected chi connectivity index (χ2v) is 19.7. The van der Waals surface area contributed by atoms with Crippen LogP contribution >= 0.6 is 0 Å². The van der Waals surface area contributed by atoms with E-state index in [2.05, 4.69) is 29.6 Å². The minimum Gasteiger partial charge on any atom is -0.471 e. The molecule has 0 unspecified atom stereocenters. The van der Waals surface area contributed by atoms with Crippen molar-refractivity contribution in [2.75, 3.05) is 32.0 Å². The van der Waals surface area contributed by atoms with Gasteiger partial charge in [-0.1, -0.05) is 49.3 Å². The zero-order valence-electron chi connectivity index (χ0n) is 33.1. The molecule has 58 heavy (non-hydrogen) atoms. The molecule has 6 atom stereocenters. The van der Waals surface area contributed by atoms with Crippen LogP contribution in [0.25, 0.3) is 21.8 Å². The lowest BCUT2D eigenvalue weighted by molar-refractivity contribution is -0.146. The molecule has 9 rings (SSSR count). The number of sulfone groups is 1. The number of carbonyl (C=O) groups is 4. The van der Waals surface area contributed by atoms with Crippen LogP contribution in [0.4, 0.5) is 0 Å². The number of ketones is 1. The highest BCUT2D eigenvalue weighted by Gasteiger charge is 2.61. The number of amides is 3. The van der Waals surface area contributed by atoms with Gasteiger partial charge in [-0.2, -0.15) is 0 Å². The molecule has 6 aliphatic rings. The summed E-state index contributed by atoms with van der Waals surface area (Å²) in [5.41, 5.74) is 1.20. The van der Waals surface area contributed by atoms with Gasteiger partial charge in [0.1, 0.15) is 29.0 Å². The predicted molar refractivity (Wildman–Crippen MR) is 218 cm³/mol. The number of benzene rings is 1. The van der Waals surface area contributed by atoms with Crippen molar-refractivity contribution in [1.29, 1.82) is 0 Å².